The molecule has 0 bridgehead atoms. The number of amides is 1. The predicted octanol–water partition coefficient (Wildman–Crippen LogP) is 1.98. The molecule has 0 radical (unpaired) electrons. The number of rotatable bonds is 3. The Morgan fingerprint density at radius 3 is 3.20 bits per heavy atom. The van der Waals surface area contributed by atoms with Gasteiger partial charge in [0.05, 0.1) is 18.2 Å². The Hall–Kier alpha value is -1.88. The van der Waals surface area contributed by atoms with Crippen molar-refractivity contribution in [3.63, 3.8) is 0 Å². The molecular weight excluding hydrogens is 254 g/mol. The second-order valence-electron chi connectivity index (χ2n) is 5.21. The van der Waals surface area contributed by atoms with E-state index in [4.69, 9.17) is 4.74 Å². The highest BCUT2D eigenvalue weighted by Gasteiger charge is 2.27. The number of hydrogen-bond acceptors (Lipinski definition) is 3. The molecule has 3 heterocycles. The van der Waals surface area contributed by atoms with Crippen LogP contribution in [0.3, 0.4) is 0 Å². The summed E-state index contributed by atoms with van der Waals surface area (Å²) in [5.41, 5.74) is 1.56. The van der Waals surface area contributed by atoms with Crippen molar-refractivity contribution in [1.82, 2.24) is 14.3 Å². The smallest absolute Gasteiger partial charge is 0.255 e. The minimum Gasteiger partial charge on any atom is -0.383 e. The Kier molecular flexibility index (Phi) is 3.69. The number of methoxy groups -OCH3 is 1. The van der Waals surface area contributed by atoms with Gasteiger partial charge in [-0.1, -0.05) is 0 Å². The van der Waals surface area contributed by atoms with Gasteiger partial charge in [-0.2, -0.15) is 0 Å². The van der Waals surface area contributed by atoms with E-state index < -0.39 is 0 Å². The highest BCUT2D eigenvalue weighted by atomic mass is 16.5. The molecule has 0 aliphatic carbocycles. The largest absolute Gasteiger partial charge is 0.383 e. The summed E-state index contributed by atoms with van der Waals surface area (Å²) in [5, 5.41) is 0. The molecule has 20 heavy (non-hydrogen) atoms. The fraction of sp³-hybridized carbons (Fsp3) is 0.467. The average molecular weight is 273 g/mol. The first kappa shape index (κ1) is 13.1. The molecule has 2 aromatic rings. The summed E-state index contributed by atoms with van der Waals surface area (Å²) < 4.78 is 7.12. The lowest BCUT2D eigenvalue weighted by molar-refractivity contribution is 0.0427. The number of likely N-dealkylation sites (tertiary alicyclic amines) is 1. The van der Waals surface area contributed by atoms with Crippen LogP contribution in [0, 0.1) is 0 Å². The molecule has 0 saturated carbocycles. The van der Waals surface area contributed by atoms with Gasteiger partial charge in [0.1, 0.15) is 5.65 Å². The van der Waals surface area contributed by atoms with Crippen LogP contribution in [0.2, 0.25) is 0 Å². The van der Waals surface area contributed by atoms with E-state index in [1.54, 1.807) is 13.3 Å². The fourth-order valence-corrected chi connectivity index (χ4v) is 2.85. The minimum atomic E-state index is 0.0855. The maximum absolute atomic E-state index is 12.7. The topological polar surface area (TPSA) is 46.8 Å². The third-order valence-electron chi connectivity index (χ3n) is 3.88. The van der Waals surface area contributed by atoms with Gasteiger partial charge in [-0.3, -0.25) is 4.79 Å². The second kappa shape index (κ2) is 5.63. The summed E-state index contributed by atoms with van der Waals surface area (Å²) in [6, 6.07) is 3.92. The summed E-state index contributed by atoms with van der Waals surface area (Å²) in [4.78, 5) is 18.8. The SMILES string of the molecule is COC[C@H]1CCCCN1C(=O)c1ccc2nccn2c1. The van der Waals surface area contributed by atoms with Crippen molar-refractivity contribution in [3.05, 3.63) is 36.3 Å². The molecule has 1 fully saturated rings. The average Bonchev–Trinajstić information content (AvgIpc) is 2.95. The number of hydrogen-bond donors (Lipinski definition) is 0. The van der Waals surface area contributed by atoms with Crippen LogP contribution < -0.4 is 0 Å². The van der Waals surface area contributed by atoms with Crippen LogP contribution >= 0.6 is 0 Å². The van der Waals surface area contributed by atoms with E-state index in [1.807, 2.05) is 33.8 Å². The summed E-state index contributed by atoms with van der Waals surface area (Å²) in [6.45, 7) is 1.42. The molecule has 2 aromatic heterocycles. The molecule has 106 valence electrons. The molecule has 3 rings (SSSR count). The van der Waals surface area contributed by atoms with Crippen molar-refractivity contribution in [3.8, 4) is 0 Å². The first-order chi connectivity index (χ1) is 9.79. The van der Waals surface area contributed by atoms with E-state index in [-0.39, 0.29) is 11.9 Å². The molecule has 5 nitrogen and oxygen atoms in total. The molecular formula is C15H19N3O2. The van der Waals surface area contributed by atoms with Gasteiger partial charge >= 0.3 is 0 Å². The van der Waals surface area contributed by atoms with Gasteiger partial charge in [-0.25, -0.2) is 4.98 Å². The van der Waals surface area contributed by atoms with Crippen molar-refractivity contribution >= 4 is 11.6 Å². The second-order valence-corrected chi connectivity index (χ2v) is 5.21. The summed E-state index contributed by atoms with van der Waals surface area (Å²) in [5.74, 6) is 0.0855. The lowest BCUT2D eigenvalue weighted by atomic mass is 10.0. The summed E-state index contributed by atoms with van der Waals surface area (Å²) in [6.07, 6.45) is 8.70. The van der Waals surface area contributed by atoms with Gasteiger partial charge < -0.3 is 14.0 Å². The first-order valence-corrected chi connectivity index (χ1v) is 7.02. The lowest BCUT2D eigenvalue weighted by Crippen LogP contribution is -2.46. The third-order valence-corrected chi connectivity index (χ3v) is 3.88. The van der Waals surface area contributed by atoms with Crippen molar-refractivity contribution in [2.75, 3.05) is 20.3 Å². The molecule has 1 saturated heterocycles. The Labute approximate surface area is 118 Å². The van der Waals surface area contributed by atoms with E-state index in [0.29, 0.717) is 12.2 Å². The fourth-order valence-electron chi connectivity index (χ4n) is 2.85. The maximum Gasteiger partial charge on any atom is 0.255 e. The number of fused-ring (bicyclic) bond motifs is 1. The molecule has 0 unspecified atom stereocenters. The Morgan fingerprint density at radius 1 is 1.45 bits per heavy atom. The van der Waals surface area contributed by atoms with Crippen molar-refractivity contribution in [1.29, 1.82) is 0 Å². The van der Waals surface area contributed by atoms with Gasteiger partial charge in [0, 0.05) is 32.2 Å². The normalized spacial score (nSPS) is 19.4. The van der Waals surface area contributed by atoms with Crippen molar-refractivity contribution < 1.29 is 9.53 Å². The Morgan fingerprint density at radius 2 is 2.35 bits per heavy atom. The zero-order chi connectivity index (χ0) is 13.9. The molecule has 5 heteroatoms. The van der Waals surface area contributed by atoms with Crippen LogP contribution in [-0.2, 0) is 4.74 Å². The van der Waals surface area contributed by atoms with Gasteiger partial charge in [0.15, 0.2) is 0 Å². The Bertz CT molecular complexity index is 606. The Balaban J connectivity index is 1.85. The number of imidazole rings is 1. The standard InChI is InChI=1S/C15H19N3O2/c1-20-11-13-4-2-3-8-18(13)15(19)12-5-6-14-16-7-9-17(14)10-12/h5-7,9-10,13H,2-4,8,11H2,1H3/t13-/m1/s1. The van der Waals surface area contributed by atoms with E-state index >= 15 is 0 Å². The van der Waals surface area contributed by atoms with Gasteiger partial charge in [-0.15, -0.1) is 0 Å². The van der Waals surface area contributed by atoms with Crippen LogP contribution in [0.4, 0.5) is 0 Å². The minimum absolute atomic E-state index is 0.0855. The number of piperidine rings is 1. The number of aromatic nitrogens is 2. The lowest BCUT2D eigenvalue weighted by Gasteiger charge is -2.35. The molecule has 1 aliphatic heterocycles. The molecule has 0 spiro atoms. The molecule has 1 atom stereocenters. The van der Waals surface area contributed by atoms with Crippen LogP contribution in [0.1, 0.15) is 29.6 Å². The first-order valence-electron chi connectivity index (χ1n) is 7.02. The molecule has 0 aromatic carbocycles. The highest BCUT2D eigenvalue weighted by Crippen LogP contribution is 2.20. The summed E-state index contributed by atoms with van der Waals surface area (Å²) >= 11 is 0. The van der Waals surface area contributed by atoms with E-state index in [0.717, 1.165) is 25.0 Å². The van der Waals surface area contributed by atoms with Crippen LogP contribution in [0.15, 0.2) is 30.7 Å². The third kappa shape index (κ3) is 2.41. The van der Waals surface area contributed by atoms with E-state index in [2.05, 4.69) is 4.98 Å². The number of nitrogens with zero attached hydrogens (tertiary/aromatic N) is 3. The van der Waals surface area contributed by atoms with Gasteiger partial charge in [0.25, 0.3) is 5.91 Å². The van der Waals surface area contributed by atoms with Crippen LogP contribution in [0.25, 0.3) is 5.65 Å². The zero-order valence-electron chi connectivity index (χ0n) is 11.7. The predicted molar refractivity (Wildman–Crippen MR) is 75.7 cm³/mol. The van der Waals surface area contributed by atoms with E-state index in [9.17, 15) is 4.79 Å². The molecule has 1 aliphatic rings. The van der Waals surface area contributed by atoms with Crippen molar-refractivity contribution in [2.24, 2.45) is 0 Å². The highest BCUT2D eigenvalue weighted by molar-refractivity contribution is 5.94. The number of pyridine rings is 1. The maximum atomic E-state index is 12.7. The van der Waals surface area contributed by atoms with Gasteiger partial charge in [-0.05, 0) is 31.4 Å². The number of ether oxygens (including phenoxy) is 1. The summed E-state index contributed by atoms with van der Waals surface area (Å²) in [7, 11) is 1.69. The van der Waals surface area contributed by atoms with Crippen LogP contribution in [-0.4, -0.2) is 46.5 Å². The van der Waals surface area contributed by atoms with Crippen LogP contribution in [0.5, 0.6) is 0 Å². The van der Waals surface area contributed by atoms with Crippen molar-refractivity contribution in [2.45, 2.75) is 25.3 Å². The molecule has 0 N–H and O–H groups in total. The monoisotopic (exact) mass is 273 g/mol. The number of carbonyl (C=O) groups is 1. The van der Waals surface area contributed by atoms with E-state index in [1.165, 1.54) is 6.42 Å². The zero-order valence-corrected chi connectivity index (χ0v) is 11.7. The molecule has 1 amide bonds. The number of carbonyl (C=O) groups excluding carboxylic acids is 1. The van der Waals surface area contributed by atoms with Gasteiger partial charge in [0.2, 0.25) is 0 Å². The quantitative estimate of drug-likeness (QED) is 0.859.